The molecule has 1 fully saturated rings. The van der Waals surface area contributed by atoms with Gasteiger partial charge in [-0.1, -0.05) is 13.8 Å². The van der Waals surface area contributed by atoms with Crippen LogP contribution < -0.4 is 10.6 Å². The Labute approximate surface area is 168 Å². The van der Waals surface area contributed by atoms with E-state index in [2.05, 4.69) is 45.9 Å². The number of imidazole rings is 1. The summed E-state index contributed by atoms with van der Waals surface area (Å²) in [4.78, 5) is 11.4. The zero-order valence-electron chi connectivity index (χ0n) is 15.6. The molecule has 1 atom stereocenters. The van der Waals surface area contributed by atoms with Gasteiger partial charge in [0.1, 0.15) is 0 Å². The Bertz CT molecular complexity index is 473. The maximum Gasteiger partial charge on any atom is 0.191 e. The molecule has 0 saturated carbocycles. The van der Waals surface area contributed by atoms with Gasteiger partial charge in [-0.25, -0.2) is 4.98 Å². The van der Waals surface area contributed by atoms with Gasteiger partial charge in [0, 0.05) is 51.2 Å². The minimum Gasteiger partial charge on any atom is -0.379 e. The minimum absolute atomic E-state index is 0. The van der Waals surface area contributed by atoms with Gasteiger partial charge in [-0.05, 0) is 12.8 Å². The van der Waals surface area contributed by atoms with E-state index < -0.39 is 0 Å². The summed E-state index contributed by atoms with van der Waals surface area (Å²) in [6.45, 7) is 13.7. The zero-order valence-corrected chi connectivity index (χ0v) is 18.0. The van der Waals surface area contributed by atoms with Crippen LogP contribution in [0.1, 0.15) is 20.8 Å². The van der Waals surface area contributed by atoms with Crippen LogP contribution in [-0.2, 0) is 11.3 Å². The number of hydrogen-bond donors (Lipinski definition) is 2. The molecule has 2 N–H and O–H groups in total. The van der Waals surface area contributed by atoms with E-state index in [1.165, 1.54) is 0 Å². The number of ether oxygens (including phenoxy) is 1. The molecule has 0 bridgehead atoms. The molecule has 0 radical (unpaired) electrons. The molecule has 2 heterocycles. The van der Waals surface area contributed by atoms with Crippen LogP contribution in [0.2, 0.25) is 0 Å². The van der Waals surface area contributed by atoms with Crippen molar-refractivity contribution in [2.45, 2.75) is 33.4 Å². The molecule has 0 amide bonds. The van der Waals surface area contributed by atoms with E-state index in [1.807, 2.05) is 12.5 Å². The van der Waals surface area contributed by atoms with Crippen molar-refractivity contribution in [3.8, 4) is 0 Å². The summed E-state index contributed by atoms with van der Waals surface area (Å²) in [5.41, 5.74) is 0. The SMILES string of the molecule is CCNC(=NCC(C(C)C)N1CCOCC1)NCCn1ccnc1.I. The zero-order chi connectivity index (χ0) is 17.2. The van der Waals surface area contributed by atoms with Gasteiger partial charge in [0.05, 0.1) is 26.1 Å². The molecule has 8 heteroatoms. The Morgan fingerprint density at radius 1 is 1.28 bits per heavy atom. The summed E-state index contributed by atoms with van der Waals surface area (Å²) in [7, 11) is 0. The van der Waals surface area contributed by atoms with Crippen LogP contribution in [0, 0.1) is 5.92 Å². The first kappa shape index (κ1) is 22.2. The highest BCUT2D eigenvalue weighted by Gasteiger charge is 2.23. The number of nitrogens with zero attached hydrogens (tertiary/aromatic N) is 4. The van der Waals surface area contributed by atoms with Crippen LogP contribution in [-0.4, -0.2) is 72.4 Å². The molecule has 1 aromatic rings. The van der Waals surface area contributed by atoms with E-state index in [4.69, 9.17) is 9.73 Å². The highest BCUT2D eigenvalue weighted by Crippen LogP contribution is 2.13. The van der Waals surface area contributed by atoms with Gasteiger partial charge in [-0.15, -0.1) is 24.0 Å². The number of hydrogen-bond acceptors (Lipinski definition) is 4. The van der Waals surface area contributed by atoms with Crippen LogP contribution in [0.4, 0.5) is 0 Å². The number of nitrogens with one attached hydrogen (secondary N) is 2. The fourth-order valence-electron chi connectivity index (χ4n) is 2.91. The van der Waals surface area contributed by atoms with Crippen molar-refractivity contribution in [3.63, 3.8) is 0 Å². The molecular formula is C17H33IN6O. The van der Waals surface area contributed by atoms with Crippen molar-refractivity contribution < 1.29 is 4.74 Å². The van der Waals surface area contributed by atoms with Gasteiger partial charge in [-0.3, -0.25) is 9.89 Å². The van der Waals surface area contributed by atoms with E-state index in [9.17, 15) is 0 Å². The van der Waals surface area contributed by atoms with Crippen molar-refractivity contribution in [1.29, 1.82) is 0 Å². The molecule has 0 aliphatic carbocycles. The number of aliphatic imine (C=N–C) groups is 1. The molecule has 0 spiro atoms. The van der Waals surface area contributed by atoms with E-state index in [1.54, 1.807) is 6.20 Å². The summed E-state index contributed by atoms with van der Waals surface area (Å²) >= 11 is 0. The second kappa shape index (κ2) is 12.5. The maximum atomic E-state index is 5.47. The first-order valence-corrected chi connectivity index (χ1v) is 9.00. The average molecular weight is 464 g/mol. The van der Waals surface area contributed by atoms with E-state index in [0.717, 1.165) is 58.4 Å². The maximum absolute atomic E-state index is 5.47. The lowest BCUT2D eigenvalue weighted by atomic mass is 10.0. The number of rotatable bonds is 8. The van der Waals surface area contributed by atoms with Gasteiger partial charge in [-0.2, -0.15) is 0 Å². The van der Waals surface area contributed by atoms with Crippen molar-refractivity contribution in [2.75, 3.05) is 45.9 Å². The monoisotopic (exact) mass is 464 g/mol. The lowest BCUT2D eigenvalue weighted by Gasteiger charge is -2.36. The Morgan fingerprint density at radius 3 is 2.64 bits per heavy atom. The van der Waals surface area contributed by atoms with Crippen molar-refractivity contribution in [1.82, 2.24) is 25.1 Å². The summed E-state index contributed by atoms with van der Waals surface area (Å²) in [5, 5.41) is 6.73. The molecule has 7 nitrogen and oxygen atoms in total. The molecule has 0 aromatic carbocycles. The topological polar surface area (TPSA) is 66.7 Å². The summed E-state index contributed by atoms with van der Waals surface area (Å²) < 4.78 is 7.53. The van der Waals surface area contributed by atoms with E-state index in [-0.39, 0.29) is 24.0 Å². The molecule has 1 saturated heterocycles. The molecule has 2 rings (SSSR count). The lowest BCUT2D eigenvalue weighted by molar-refractivity contribution is 0.00867. The van der Waals surface area contributed by atoms with Gasteiger partial charge in [0.15, 0.2) is 5.96 Å². The van der Waals surface area contributed by atoms with Crippen molar-refractivity contribution in [3.05, 3.63) is 18.7 Å². The molecule has 1 unspecified atom stereocenters. The van der Waals surface area contributed by atoms with Gasteiger partial charge < -0.3 is 19.9 Å². The fourth-order valence-corrected chi connectivity index (χ4v) is 2.91. The van der Waals surface area contributed by atoms with Crippen LogP contribution in [0.3, 0.4) is 0 Å². The Balaban J connectivity index is 0.00000312. The predicted molar refractivity (Wildman–Crippen MR) is 113 cm³/mol. The molecule has 1 aliphatic heterocycles. The molecule has 1 aliphatic rings. The quantitative estimate of drug-likeness (QED) is 0.346. The van der Waals surface area contributed by atoms with Gasteiger partial charge in [0.25, 0.3) is 0 Å². The van der Waals surface area contributed by atoms with Crippen molar-refractivity contribution >= 4 is 29.9 Å². The number of halogens is 1. The fraction of sp³-hybridized carbons (Fsp3) is 0.765. The van der Waals surface area contributed by atoms with Crippen LogP contribution in [0.25, 0.3) is 0 Å². The normalized spacial score (nSPS) is 17.2. The molecular weight excluding hydrogens is 431 g/mol. The smallest absolute Gasteiger partial charge is 0.191 e. The minimum atomic E-state index is 0. The summed E-state index contributed by atoms with van der Waals surface area (Å²) in [6.07, 6.45) is 5.60. The Hall–Kier alpha value is -0.870. The third-order valence-electron chi connectivity index (χ3n) is 4.29. The molecule has 25 heavy (non-hydrogen) atoms. The van der Waals surface area contributed by atoms with Crippen LogP contribution in [0.15, 0.2) is 23.7 Å². The summed E-state index contributed by atoms with van der Waals surface area (Å²) in [5.74, 6) is 1.46. The average Bonchev–Trinajstić information content (AvgIpc) is 3.09. The Kier molecular flexibility index (Phi) is 11.1. The largest absolute Gasteiger partial charge is 0.379 e. The van der Waals surface area contributed by atoms with Gasteiger partial charge >= 0.3 is 0 Å². The number of guanidine groups is 1. The lowest BCUT2D eigenvalue weighted by Crippen LogP contribution is -2.48. The standard InChI is InChI=1S/C17H32N6O.HI/c1-4-19-17(20-6-8-22-7-5-18-14-22)21-13-16(15(2)3)23-9-11-24-12-10-23;/h5,7,14-16H,4,6,8-13H2,1-3H3,(H2,19,20,21);1H. The van der Waals surface area contributed by atoms with Crippen molar-refractivity contribution in [2.24, 2.45) is 10.9 Å². The molecule has 144 valence electrons. The first-order valence-electron chi connectivity index (χ1n) is 9.00. The Morgan fingerprint density at radius 2 is 2.04 bits per heavy atom. The number of aromatic nitrogens is 2. The third kappa shape index (κ3) is 7.91. The first-order chi connectivity index (χ1) is 11.7. The second-order valence-electron chi connectivity index (χ2n) is 6.41. The third-order valence-corrected chi connectivity index (χ3v) is 4.29. The van der Waals surface area contributed by atoms with E-state index in [0.29, 0.717) is 12.0 Å². The summed E-state index contributed by atoms with van der Waals surface area (Å²) in [6, 6.07) is 0.456. The second-order valence-corrected chi connectivity index (χ2v) is 6.41. The number of morpholine rings is 1. The van der Waals surface area contributed by atoms with E-state index >= 15 is 0 Å². The highest BCUT2D eigenvalue weighted by molar-refractivity contribution is 14.0. The predicted octanol–water partition coefficient (Wildman–Crippen LogP) is 1.41. The van der Waals surface area contributed by atoms with Crippen LogP contribution >= 0.6 is 24.0 Å². The van der Waals surface area contributed by atoms with Crippen LogP contribution in [0.5, 0.6) is 0 Å². The van der Waals surface area contributed by atoms with Gasteiger partial charge in [0.2, 0.25) is 0 Å². The highest BCUT2D eigenvalue weighted by atomic mass is 127. The molecule has 1 aromatic heterocycles.